The fourth-order valence-electron chi connectivity index (χ4n) is 3.77. The molecule has 1 amide bonds. The molecular formula is C26H30N2O5. The molecule has 33 heavy (non-hydrogen) atoms. The summed E-state index contributed by atoms with van der Waals surface area (Å²) in [6.07, 6.45) is 0.833. The van der Waals surface area contributed by atoms with E-state index in [-0.39, 0.29) is 18.7 Å². The number of aliphatic imine (C=N–C) groups is 1. The third-order valence-corrected chi connectivity index (χ3v) is 5.14. The Morgan fingerprint density at radius 3 is 2.36 bits per heavy atom. The van der Waals surface area contributed by atoms with Crippen molar-refractivity contribution in [3.63, 3.8) is 0 Å². The van der Waals surface area contributed by atoms with E-state index in [1.54, 1.807) is 25.7 Å². The minimum Gasteiger partial charge on any atom is -0.481 e. The van der Waals surface area contributed by atoms with Crippen molar-refractivity contribution in [2.24, 2.45) is 4.99 Å². The Labute approximate surface area is 194 Å². The molecule has 2 aromatic carbocycles. The van der Waals surface area contributed by atoms with Crippen molar-refractivity contribution in [2.75, 3.05) is 11.4 Å². The Hall–Kier alpha value is -3.48. The number of nitrogens with zero attached hydrogens (tertiary/aromatic N) is 2. The predicted molar refractivity (Wildman–Crippen MR) is 127 cm³/mol. The highest BCUT2D eigenvalue weighted by molar-refractivity contribution is 6.20. The van der Waals surface area contributed by atoms with Crippen molar-refractivity contribution in [1.82, 2.24) is 0 Å². The van der Waals surface area contributed by atoms with E-state index in [2.05, 4.69) is 0 Å². The summed E-state index contributed by atoms with van der Waals surface area (Å²) in [5.74, 6) is -1.65. The molecule has 0 saturated carbocycles. The Bertz CT molecular complexity index is 1040. The maximum Gasteiger partial charge on any atom is 0.309 e. The molecule has 0 radical (unpaired) electrons. The van der Waals surface area contributed by atoms with E-state index in [1.807, 2.05) is 54.6 Å². The summed E-state index contributed by atoms with van der Waals surface area (Å²) in [6, 6.07) is 16.1. The maximum atomic E-state index is 13.6. The van der Waals surface area contributed by atoms with Gasteiger partial charge in [-0.3, -0.25) is 19.4 Å². The number of esters is 1. The highest BCUT2D eigenvalue weighted by Crippen LogP contribution is 2.30. The molecule has 1 aliphatic heterocycles. The number of carbonyl (C=O) groups excluding carboxylic acids is 2. The summed E-state index contributed by atoms with van der Waals surface area (Å²) in [6.45, 7) is 5.68. The van der Waals surface area contributed by atoms with Gasteiger partial charge in [0.2, 0.25) is 0 Å². The molecule has 2 aromatic rings. The Morgan fingerprint density at radius 2 is 1.70 bits per heavy atom. The molecule has 1 N–H and O–H groups in total. The van der Waals surface area contributed by atoms with Gasteiger partial charge in [-0.15, -0.1) is 0 Å². The number of carboxylic acids is 1. The average Bonchev–Trinajstić information content (AvgIpc) is 2.86. The van der Waals surface area contributed by atoms with E-state index in [4.69, 9.17) is 14.8 Å². The van der Waals surface area contributed by atoms with Crippen LogP contribution in [-0.4, -0.2) is 46.9 Å². The van der Waals surface area contributed by atoms with Crippen molar-refractivity contribution < 1.29 is 24.2 Å². The number of carbonyl (C=O) groups is 3. The summed E-state index contributed by atoms with van der Waals surface area (Å²) < 4.78 is 5.46. The largest absolute Gasteiger partial charge is 0.481 e. The third kappa shape index (κ3) is 6.51. The smallest absolute Gasteiger partial charge is 0.309 e. The number of aliphatic carboxylic acids is 1. The van der Waals surface area contributed by atoms with Crippen LogP contribution in [0.2, 0.25) is 0 Å². The first kappa shape index (κ1) is 24.2. The summed E-state index contributed by atoms with van der Waals surface area (Å²) in [4.78, 5) is 43.5. The molecule has 0 saturated heterocycles. The van der Waals surface area contributed by atoms with Gasteiger partial charge < -0.3 is 14.7 Å². The number of unbranched alkanes of at least 4 members (excludes halogenated alkanes) is 1. The lowest BCUT2D eigenvalue weighted by molar-refractivity contribution is -0.156. The first-order valence-electron chi connectivity index (χ1n) is 11.1. The van der Waals surface area contributed by atoms with Crippen molar-refractivity contribution in [3.8, 4) is 0 Å². The average molecular weight is 451 g/mol. The second-order valence-electron chi connectivity index (χ2n) is 9.01. The Morgan fingerprint density at radius 1 is 1.03 bits per heavy atom. The van der Waals surface area contributed by atoms with Gasteiger partial charge in [-0.05, 0) is 39.7 Å². The molecule has 7 heteroatoms. The van der Waals surface area contributed by atoms with E-state index < -0.39 is 23.6 Å². The fraction of sp³-hybridized carbons (Fsp3) is 0.385. The minimum absolute atomic E-state index is 0.0385. The maximum absolute atomic E-state index is 13.6. The van der Waals surface area contributed by atoms with Crippen LogP contribution in [0.4, 0.5) is 5.69 Å². The quantitative estimate of drug-likeness (QED) is 0.480. The lowest BCUT2D eigenvalue weighted by Crippen LogP contribution is -2.40. The topological polar surface area (TPSA) is 96.3 Å². The van der Waals surface area contributed by atoms with Gasteiger partial charge in [0, 0.05) is 24.1 Å². The SMILES string of the molecule is CC(C)(C)OC(=O)C[C@@H]1N=C(c2ccccc2)c2ccccc2N(CCCCC(=O)O)C1=O. The van der Waals surface area contributed by atoms with E-state index in [0.29, 0.717) is 30.8 Å². The Balaban J connectivity index is 2.00. The Kier molecular flexibility index (Phi) is 7.63. The number of hydrogen-bond donors (Lipinski definition) is 1. The highest BCUT2D eigenvalue weighted by atomic mass is 16.6. The van der Waals surface area contributed by atoms with Gasteiger partial charge in [0.25, 0.3) is 5.91 Å². The van der Waals surface area contributed by atoms with Gasteiger partial charge in [0.15, 0.2) is 0 Å². The minimum atomic E-state index is -0.943. The number of para-hydroxylation sites is 1. The number of anilines is 1. The van der Waals surface area contributed by atoms with Crippen molar-refractivity contribution in [3.05, 3.63) is 65.7 Å². The number of benzodiazepines with no additional fused rings is 1. The molecule has 0 bridgehead atoms. The molecule has 0 unspecified atom stereocenters. The number of carboxylic acid groups (broad SMARTS) is 1. The van der Waals surface area contributed by atoms with Crippen molar-refractivity contribution in [2.45, 2.75) is 58.1 Å². The second kappa shape index (κ2) is 10.4. The molecule has 1 heterocycles. The van der Waals surface area contributed by atoms with Crippen LogP contribution >= 0.6 is 0 Å². The van der Waals surface area contributed by atoms with Gasteiger partial charge in [-0.2, -0.15) is 0 Å². The van der Waals surface area contributed by atoms with Crippen LogP contribution in [0, 0.1) is 0 Å². The molecule has 1 atom stereocenters. The van der Waals surface area contributed by atoms with Crippen molar-refractivity contribution in [1.29, 1.82) is 0 Å². The van der Waals surface area contributed by atoms with E-state index in [9.17, 15) is 14.4 Å². The second-order valence-corrected chi connectivity index (χ2v) is 9.01. The summed E-state index contributed by atoms with van der Waals surface area (Å²) in [5.41, 5.74) is 2.31. The number of benzene rings is 2. The molecule has 7 nitrogen and oxygen atoms in total. The van der Waals surface area contributed by atoms with Gasteiger partial charge in [0.05, 0.1) is 17.8 Å². The molecule has 0 fully saturated rings. The van der Waals surface area contributed by atoms with Crippen molar-refractivity contribution >= 4 is 29.2 Å². The fourth-order valence-corrected chi connectivity index (χ4v) is 3.77. The zero-order valence-electron chi connectivity index (χ0n) is 19.3. The lowest BCUT2D eigenvalue weighted by atomic mass is 10.00. The predicted octanol–water partition coefficient (Wildman–Crippen LogP) is 4.23. The van der Waals surface area contributed by atoms with E-state index in [0.717, 1.165) is 11.1 Å². The van der Waals surface area contributed by atoms with Crippen LogP contribution < -0.4 is 4.90 Å². The van der Waals surface area contributed by atoms with Crippen LogP contribution in [0.3, 0.4) is 0 Å². The summed E-state index contributed by atoms with van der Waals surface area (Å²) in [7, 11) is 0. The van der Waals surface area contributed by atoms with Crippen LogP contribution in [0.1, 0.15) is 57.6 Å². The zero-order chi connectivity index (χ0) is 24.0. The molecular weight excluding hydrogens is 420 g/mol. The number of ether oxygens (including phenoxy) is 1. The van der Waals surface area contributed by atoms with Crippen LogP contribution in [-0.2, 0) is 19.1 Å². The van der Waals surface area contributed by atoms with Crippen LogP contribution in [0.15, 0.2) is 59.6 Å². The molecule has 3 rings (SSSR count). The van der Waals surface area contributed by atoms with Gasteiger partial charge in [-0.1, -0.05) is 48.5 Å². The van der Waals surface area contributed by atoms with E-state index >= 15 is 0 Å². The van der Waals surface area contributed by atoms with Gasteiger partial charge >= 0.3 is 11.9 Å². The van der Waals surface area contributed by atoms with Crippen LogP contribution in [0.5, 0.6) is 0 Å². The molecule has 0 aromatic heterocycles. The summed E-state index contributed by atoms with van der Waals surface area (Å²) >= 11 is 0. The highest BCUT2D eigenvalue weighted by Gasteiger charge is 2.34. The molecule has 0 spiro atoms. The van der Waals surface area contributed by atoms with Crippen LogP contribution in [0.25, 0.3) is 0 Å². The first-order valence-corrected chi connectivity index (χ1v) is 11.1. The van der Waals surface area contributed by atoms with Gasteiger partial charge in [0.1, 0.15) is 11.6 Å². The number of rotatable bonds is 8. The van der Waals surface area contributed by atoms with Gasteiger partial charge in [-0.25, -0.2) is 0 Å². The molecule has 1 aliphatic rings. The third-order valence-electron chi connectivity index (χ3n) is 5.14. The number of fused-ring (bicyclic) bond motifs is 1. The molecule has 174 valence electrons. The number of amides is 1. The normalized spacial score (nSPS) is 16.0. The zero-order valence-corrected chi connectivity index (χ0v) is 19.3. The lowest BCUT2D eigenvalue weighted by Gasteiger charge is -2.26. The first-order chi connectivity index (χ1) is 15.7. The molecule has 0 aliphatic carbocycles. The monoisotopic (exact) mass is 450 g/mol. The standard InChI is InChI=1S/C26H30N2O5/c1-26(2,3)33-23(31)17-20-25(32)28(16-10-9-15-22(29)30)21-14-8-7-13-19(21)24(27-20)18-11-5-4-6-12-18/h4-8,11-14,20H,9-10,15-17H2,1-3H3,(H,29,30)/t20-/m0/s1. The van der Waals surface area contributed by atoms with E-state index in [1.165, 1.54) is 0 Å². The number of hydrogen-bond acceptors (Lipinski definition) is 5. The summed E-state index contributed by atoms with van der Waals surface area (Å²) in [5, 5.41) is 8.95.